The minimum Gasteiger partial charge on any atom is -0.468 e. The van der Waals surface area contributed by atoms with Gasteiger partial charge in [0.15, 0.2) is 0 Å². The topological polar surface area (TPSA) is 33.5 Å². The first kappa shape index (κ1) is 15.9. The van der Waals surface area contributed by atoms with Crippen molar-refractivity contribution in [2.45, 2.75) is 69.6 Å². The highest BCUT2D eigenvalue weighted by molar-refractivity contribution is 7.84. The summed E-state index contributed by atoms with van der Waals surface area (Å²) in [5.41, 5.74) is 0. The van der Waals surface area contributed by atoms with Crippen LogP contribution in [0, 0.1) is 17.8 Å². The van der Waals surface area contributed by atoms with Crippen LogP contribution in [0.15, 0.2) is 22.8 Å². The third-order valence-corrected chi connectivity index (χ3v) is 8.28. The van der Waals surface area contributed by atoms with E-state index in [9.17, 15) is 4.21 Å². The summed E-state index contributed by atoms with van der Waals surface area (Å²) in [6, 6.07) is 3.94. The van der Waals surface area contributed by atoms with Gasteiger partial charge in [-0.1, -0.05) is 13.3 Å². The van der Waals surface area contributed by atoms with Crippen molar-refractivity contribution in [3.8, 4) is 0 Å². The highest BCUT2D eigenvalue weighted by Crippen LogP contribution is 2.58. The van der Waals surface area contributed by atoms with Crippen molar-refractivity contribution in [3.05, 3.63) is 24.2 Å². The van der Waals surface area contributed by atoms with Gasteiger partial charge in [-0.2, -0.15) is 0 Å². The lowest BCUT2D eigenvalue weighted by molar-refractivity contribution is 0.0338. The molecule has 23 heavy (non-hydrogen) atoms. The van der Waals surface area contributed by atoms with Crippen LogP contribution < -0.4 is 0 Å². The van der Waals surface area contributed by atoms with E-state index in [1.54, 1.807) is 6.26 Å². The monoisotopic (exact) mass is 335 g/mol. The molecule has 1 aromatic rings. The molecule has 1 unspecified atom stereocenters. The standard InChI is InChI=1S/C19H29NO2S/c1-2-3-6-20(14-18-5-4-7-22-18)23(21)19-11-15-8-16(12-19)10-17(9-15)13-19/h4-5,7,15-17H,2-3,6,8-14H2,1H3. The summed E-state index contributed by atoms with van der Waals surface area (Å²) < 4.78 is 21.5. The Morgan fingerprint density at radius 1 is 1.22 bits per heavy atom. The predicted molar refractivity (Wildman–Crippen MR) is 93.1 cm³/mol. The summed E-state index contributed by atoms with van der Waals surface area (Å²) in [6.07, 6.45) is 11.8. The lowest BCUT2D eigenvalue weighted by Gasteiger charge is -2.56. The molecule has 128 valence electrons. The molecule has 0 aromatic carbocycles. The normalized spacial score (nSPS) is 36.7. The molecule has 4 aliphatic rings. The van der Waals surface area contributed by atoms with Crippen LogP contribution in [0.1, 0.15) is 64.1 Å². The Morgan fingerprint density at radius 3 is 2.39 bits per heavy atom. The van der Waals surface area contributed by atoms with Gasteiger partial charge >= 0.3 is 0 Å². The Labute approximate surface area is 142 Å². The minimum absolute atomic E-state index is 0.0785. The molecule has 4 fully saturated rings. The van der Waals surface area contributed by atoms with Crippen molar-refractivity contribution in [2.24, 2.45) is 17.8 Å². The third-order valence-electron chi connectivity index (χ3n) is 6.26. The smallest absolute Gasteiger partial charge is 0.118 e. The van der Waals surface area contributed by atoms with Crippen LogP contribution in [-0.4, -0.2) is 19.8 Å². The number of furan rings is 1. The van der Waals surface area contributed by atoms with Crippen molar-refractivity contribution >= 4 is 11.0 Å². The Kier molecular flexibility index (Phi) is 4.39. The summed E-state index contributed by atoms with van der Waals surface area (Å²) in [7, 11) is -0.875. The summed E-state index contributed by atoms with van der Waals surface area (Å²) in [5, 5.41) is 0. The second-order valence-corrected chi connectivity index (χ2v) is 10.0. The molecule has 4 bridgehead atoms. The summed E-state index contributed by atoms with van der Waals surface area (Å²) in [5.74, 6) is 3.49. The molecule has 4 heteroatoms. The molecule has 4 aliphatic carbocycles. The zero-order valence-electron chi connectivity index (χ0n) is 14.2. The summed E-state index contributed by atoms with van der Waals surface area (Å²) in [4.78, 5) is 0. The summed E-state index contributed by atoms with van der Waals surface area (Å²) >= 11 is 0. The SMILES string of the molecule is CCCCN(Cc1ccco1)S(=O)C12CC3CC(CC(C3)C1)C2. The second kappa shape index (κ2) is 6.36. The molecule has 0 saturated heterocycles. The van der Waals surface area contributed by atoms with E-state index in [4.69, 9.17) is 4.42 Å². The van der Waals surface area contributed by atoms with Crippen LogP contribution in [0.2, 0.25) is 0 Å². The van der Waals surface area contributed by atoms with E-state index in [0.717, 1.165) is 42.9 Å². The number of hydrogen-bond donors (Lipinski definition) is 0. The first-order valence-electron chi connectivity index (χ1n) is 9.38. The van der Waals surface area contributed by atoms with Gasteiger partial charge in [0.1, 0.15) is 16.7 Å². The average Bonchev–Trinajstić information content (AvgIpc) is 3.02. The first-order chi connectivity index (χ1) is 11.2. The maximum Gasteiger partial charge on any atom is 0.118 e. The zero-order valence-corrected chi connectivity index (χ0v) is 15.0. The van der Waals surface area contributed by atoms with Crippen molar-refractivity contribution in [1.82, 2.24) is 4.31 Å². The van der Waals surface area contributed by atoms with E-state index < -0.39 is 11.0 Å². The molecule has 0 radical (unpaired) electrons. The quantitative estimate of drug-likeness (QED) is 0.734. The molecule has 4 saturated carbocycles. The molecular formula is C19H29NO2S. The van der Waals surface area contributed by atoms with Gasteiger partial charge in [0.2, 0.25) is 0 Å². The number of unbranched alkanes of at least 4 members (excludes halogenated alkanes) is 1. The number of hydrogen-bond acceptors (Lipinski definition) is 2. The van der Waals surface area contributed by atoms with Gasteiger partial charge in [-0.25, -0.2) is 8.51 Å². The zero-order chi connectivity index (χ0) is 15.9. The van der Waals surface area contributed by atoms with Crippen LogP contribution in [0.5, 0.6) is 0 Å². The van der Waals surface area contributed by atoms with Gasteiger partial charge < -0.3 is 4.42 Å². The fourth-order valence-corrected chi connectivity index (χ4v) is 7.87. The average molecular weight is 336 g/mol. The van der Waals surface area contributed by atoms with Gasteiger partial charge in [0, 0.05) is 6.54 Å². The van der Waals surface area contributed by atoms with Crippen LogP contribution >= 0.6 is 0 Å². The molecule has 1 atom stereocenters. The lowest BCUT2D eigenvalue weighted by atomic mass is 9.56. The molecule has 1 heterocycles. The predicted octanol–water partition coefficient (Wildman–Crippen LogP) is 4.51. The number of nitrogens with zero attached hydrogens (tertiary/aromatic N) is 1. The van der Waals surface area contributed by atoms with Crippen LogP contribution in [0.25, 0.3) is 0 Å². The molecule has 5 rings (SSSR count). The molecular weight excluding hydrogens is 306 g/mol. The first-order valence-corrected chi connectivity index (χ1v) is 10.5. The Balaban J connectivity index is 1.54. The van der Waals surface area contributed by atoms with Gasteiger partial charge in [0.05, 0.1) is 17.6 Å². The van der Waals surface area contributed by atoms with Gasteiger partial charge in [0.25, 0.3) is 0 Å². The maximum atomic E-state index is 13.6. The largest absolute Gasteiger partial charge is 0.468 e. The van der Waals surface area contributed by atoms with Crippen LogP contribution in [0.3, 0.4) is 0 Å². The van der Waals surface area contributed by atoms with E-state index >= 15 is 0 Å². The maximum absolute atomic E-state index is 13.6. The van der Waals surface area contributed by atoms with E-state index in [0.29, 0.717) is 6.54 Å². The minimum atomic E-state index is -0.875. The number of rotatable bonds is 7. The highest BCUT2D eigenvalue weighted by Gasteiger charge is 2.55. The summed E-state index contributed by atoms with van der Waals surface area (Å²) in [6.45, 7) is 3.83. The van der Waals surface area contributed by atoms with Crippen LogP contribution in [-0.2, 0) is 17.5 Å². The molecule has 0 aliphatic heterocycles. The van der Waals surface area contributed by atoms with E-state index in [2.05, 4.69) is 11.2 Å². The van der Waals surface area contributed by atoms with Crippen molar-refractivity contribution in [1.29, 1.82) is 0 Å². The molecule has 0 amide bonds. The molecule has 0 N–H and O–H groups in total. The van der Waals surface area contributed by atoms with Gasteiger partial charge in [-0.3, -0.25) is 0 Å². The van der Waals surface area contributed by atoms with Gasteiger partial charge in [-0.05, 0) is 74.8 Å². The van der Waals surface area contributed by atoms with Crippen LogP contribution in [0.4, 0.5) is 0 Å². The van der Waals surface area contributed by atoms with Crippen molar-refractivity contribution in [2.75, 3.05) is 6.54 Å². The van der Waals surface area contributed by atoms with E-state index in [1.807, 2.05) is 12.1 Å². The van der Waals surface area contributed by atoms with Gasteiger partial charge in [-0.15, -0.1) is 0 Å². The molecule has 1 aromatic heterocycles. The molecule has 0 spiro atoms. The Hall–Kier alpha value is -0.610. The van der Waals surface area contributed by atoms with E-state index in [-0.39, 0.29) is 4.75 Å². The van der Waals surface area contributed by atoms with E-state index in [1.165, 1.54) is 38.5 Å². The molecule has 3 nitrogen and oxygen atoms in total. The second-order valence-electron chi connectivity index (χ2n) is 8.15. The highest BCUT2D eigenvalue weighted by atomic mass is 32.2. The fraction of sp³-hybridized carbons (Fsp3) is 0.789. The Bertz CT molecular complexity index is 518. The third kappa shape index (κ3) is 3.05. The van der Waals surface area contributed by atoms with Crippen molar-refractivity contribution < 1.29 is 8.63 Å². The van der Waals surface area contributed by atoms with Crippen molar-refractivity contribution in [3.63, 3.8) is 0 Å². The lowest BCUT2D eigenvalue weighted by Crippen LogP contribution is -2.56. The fourth-order valence-electron chi connectivity index (χ4n) is 5.65. The Morgan fingerprint density at radius 2 is 1.87 bits per heavy atom.